The van der Waals surface area contributed by atoms with Crippen LogP contribution in [0.1, 0.15) is 11.1 Å². The highest BCUT2D eigenvalue weighted by Gasteiger charge is 2.30. The molecule has 0 spiro atoms. The van der Waals surface area contributed by atoms with Crippen LogP contribution in [0.2, 0.25) is 0 Å². The molecule has 0 bridgehead atoms. The molecule has 0 aliphatic heterocycles. The summed E-state index contributed by atoms with van der Waals surface area (Å²) in [5.41, 5.74) is 2.64. The smallest absolute Gasteiger partial charge is 0.326 e. The molecule has 146 valence electrons. The van der Waals surface area contributed by atoms with Gasteiger partial charge in [0.15, 0.2) is 0 Å². The molecule has 4 aromatic rings. The van der Waals surface area contributed by atoms with Crippen molar-refractivity contribution in [1.29, 1.82) is 0 Å². The second-order valence-corrected chi connectivity index (χ2v) is 6.59. The van der Waals surface area contributed by atoms with Crippen molar-refractivity contribution in [2.75, 3.05) is 5.32 Å². The van der Waals surface area contributed by atoms with Gasteiger partial charge in [-0.2, -0.15) is 13.2 Å². The zero-order valence-electron chi connectivity index (χ0n) is 15.1. The molecule has 0 radical (unpaired) electrons. The number of nitrogens with one attached hydrogen (secondary N) is 1. The largest absolute Gasteiger partial charge is 0.416 e. The Balaban J connectivity index is 1.44. The lowest BCUT2D eigenvalue weighted by Gasteiger charge is -2.09. The number of imidazole rings is 1. The van der Waals surface area contributed by atoms with E-state index in [-0.39, 0.29) is 12.3 Å². The van der Waals surface area contributed by atoms with Crippen molar-refractivity contribution in [2.45, 2.75) is 12.6 Å². The first-order chi connectivity index (χ1) is 13.9. The highest BCUT2D eigenvalue weighted by atomic mass is 19.4. The quantitative estimate of drug-likeness (QED) is 0.516. The fourth-order valence-corrected chi connectivity index (χ4v) is 3.05. The lowest BCUT2D eigenvalue weighted by molar-refractivity contribution is -0.137. The van der Waals surface area contributed by atoms with Gasteiger partial charge in [0.05, 0.1) is 17.7 Å². The van der Waals surface area contributed by atoms with Gasteiger partial charge in [0.1, 0.15) is 5.65 Å². The highest BCUT2D eigenvalue weighted by molar-refractivity contribution is 5.92. The summed E-state index contributed by atoms with van der Waals surface area (Å²) in [5, 5.41) is 2.71. The Morgan fingerprint density at radius 2 is 1.79 bits per heavy atom. The van der Waals surface area contributed by atoms with Gasteiger partial charge < -0.3 is 9.72 Å². The van der Waals surface area contributed by atoms with Gasteiger partial charge in [-0.05, 0) is 35.9 Å². The zero-order chi connectivity index (χ0) is 20.4. The van der Waals surface area contributed by atoms with Gasteiger partial charge in [-0.3, -0.25) is 4.79 Å². The van der Waals surface area contributed by atoms with E-state index in [1.54, 1.807) is 12.1 Å². The van der Waals surface area contributed by atoms with Crippen molar-refractivity contribution in [1.82, 2.24) is 9.38 Å². The molecular formula is C22H16F3N3O. The van der Waals surface area contributed by atoms with Crippen LogP contribution in [0.5, 0.6) is 0 Å². The van der Waals surface area contributed by atoms with Crippen molar-refractivity contribution < 1.29 is 18.0 Å². The molecule has 0 saturated heterocycles. The monoisotopic (exact) mass is 395 g/mol. The number of hydrogen-bond acceptors (Lipinski definition) is 2. The van der Waals surface area contributed by atoms with Crippen LogP contribution in [0.4, 0.5) is 18.9 Å². The number of amides is 1. The molecule has 29 heavy (non-hydrogen) atoms. The Bertz CT molecular complexity index is 1130. The van der Waals surface area contributed by atoms with E-state index in [9.17, 15) is 18.0 Å². The first-order valence-corrected chi connectivity index (χ1v) is 8.89. The highest BCUT2D eigenvalue weighted by Crippen LogP contribution is 2.29. The van der Waals surface area contributed by atoms with Crippen molar-refractivity contribution in [3.63, 3.8) is 0 Å². The Morgan fingerprint density at radius 3 is 2.52 bits per heavy atom. The van der Waals surface area contributed by atoms with Gasteiger partial charge in [0.2, 0.25) is 5.91 Å². The second-order valence-electron chi connectivity index (χ2n) is 6.59. The SMILES string of the molecule is O=C(Cc1cccc(C(F)(F)F)c1)Nc1ccc(-c2cn3ccccc3n2)cc1. The normalized spacial score (nSPS) is 11.6. The number of alkyl halides is 3. The second kappa shape index (κ2) is 7.43. The van der Waals surface area contributed by atoms with Gasteiger partial charge in [-0.1, -0.05) is 36.4 Å². The summed E-state index contributed by atoms with van der Waals surface area (Å²) in [5.74, 6) is -0.384. The molecule has 0 aliphatic carbocycles. The minimum absolute atomic E-state index is 0.141. The number of halogens is 3. The molecule has 4 nitrogen and oxygen atoms in total. The number of rotatable bonds is 4. The summed E-state index contributed by atoms with van der Waals surface area (Å²) < 4.78 is 40.3. The van der Waals surface area contributed by atoms with Crippen LogP contribution < -0.4 is 5.32 Å². The number of benzene rings is 2. The van der Waals surface area contributed by atoms with Crippen molar-refractivity contribution in [2.24, 2.45) is 0 Å². The number of anilines is 1. The van der Waals surface area contributed by atoms with Gasteiger partial charge in [-0.25, -0.2) is 4.98 Å². The molecule has 1 amide bonds. The molecule has 0 aliphatic rings. The maximum atomic E-state index is 12.8. The first kappa shape index (κ1) is 18.7. The molecule has 2 aromatic carbocycles. The fraction of sp³-hybridized carbons (Fsp3) is 0.0909. The van der Waals surface area contributed by atoms with Gasteiger partial charge in [0, 0.05) is 23.6 Å². The van der Waals surface area contributed by atoms with E-state index >= 15 is 0 Å². The van der Waals surface area contributed by atoms with Crippen LogP contribution in [0.15, 0.2) is 79.1 Å². The molecule has 0 atom stereocenters. The lowest BCUT2D eigenvalue weighted by atomic mass is 10.1. The summed E-state index contributed by atoms with van der Waals surface area (Å²) in [6, 6.07) is 17.7. The van der Waals surface area contributed by atoms with E-state index in [2.05, 4.69) is 10.3 Å². The molecular weight excluding hydrogens is 379 g/mol. The average Bonchev–Trinajstić information content (AvgIpc) is 3.12. The minimum Gasteiger partial charge on any atom is -0.326 e. The summed E-state index contributed by atoms with van der Waals surface area (Å²) in [7, 11) is 0. The van der Waals surface area contributed by atoms with Gasteiger partial charge in [-0.15, -0.1) is 0 Å². The summed E-state index contributed by atoms with van der Waals surface area (Å²) >= 11 is 0. The number of aromatic nitrogens is 2. The number of fused-ring (bicyclic) bond motifs is 1. The van der Waals surface area contributed by atoms with E-state index in [0.29, 0.717) is 11.3 Å². The number of carbonyl (C=O) groups is 1. The van der Waals surface area contributed by atoms with Gasteiger partial charge >= 0.3 is 6.18 Å². The zero-order valence-corrected chi connectivity index (χ0v) is 15.1. The lowest BCUT2D eigenvalue weighted by Crippen LogP contribution is -2.15. The van der Waals surface area contributed by atoms with Crippen molar-refractivity contribution >= 4 is 17.2 Å². The van der Waals surface area contributed by atoms with Crippen LogP contribution in [-0.2, 0) is 17.4 Å². The Kier molecular flexibility index (Phi) is 4.80. The van der Waals surface area contributed by atoms with E-state index < -0.39 is 11.7 Å². The van der Waals surface area contributed by atoms with Crippen LogP contribution in [0.3, 0.4) is 0 Å². The average molecular weight is 395 g/mol. The maximum Gasteiger partial charge on any atom is 0.416 e. The number of nitrogens with zero attached hydrogens (tertiary/aromatic N) is 2. The van der Waals surface area contributed by atoms with E-state index in [1.165, 1.54) is 12.1 Å². The molecule has 7 heteroatoms. The number of pyridine rings is 1. The van der Waals surface area contributed by atoms with E-state index in [0.717, 1.165) is 29.0 Å². The van der Waals surface area contributed by atoms with Crippen LogP contribution in [0.25, 0.3) is 16.9 Å². The summed E-state index contributed by atoms with van der Waals surface area (Å²) in [4.78, 5) is 16.7. The van der Waals surface area contributed by atoms with Crippen LogP contribution in [-0.4, -0.2) is 15.3 Å². The predicted octanol–water partition coefficient (Wildman–Crippen LogP) is 5.20. The van der Waals surface area contributed by atoms with Crippen LogP contribution in [0, 0.1) is 0 Å². The standard InChI is InChI=1S/C22H16F3N3O/c23-22(24,25)17-5-3-4-15(12-17)13-21(29)26-18-9-7-16(8-10-18)19-14-28-11-2-1-6-20(28)27-19/h1-12,14H,13H2,(H,26,29). The fourth-order valence-electron chi connectivity index (χ4n) is 3.05. The molecule has 2 aromatic heterocycles. The van der Waals surface area contributed by atoms with E-state index in [1.807, 2.05) is 47.1 Å². The topological polar surface area (TPSA) is 46.4 Å². The molecule has 1 N–H and O–H groups in total. The minimum atomic E-state index is -4.43. The molecule has 0 fully saturated rings. The van der Waals surface area contributed by atoms with Crippen molar-refractivity contribution in [3.8, 4) is 11.3 Å². The third-order valence-electron chi connectivity index (χ3n) is 4.45. The number of hydrogen-bond donors (Lipinski definition) is 1. The molecule has 4 rings (SSSR count). The molecule has 2 heterocycles. The Labute approximate surface area is 164 Å². The summed E-state index contributed by atoms with van der Waals surface area (Å²) in [6.07, 6.45) is -0.747. The first-order valence-electron chi connectivity index (χ1n) is 8.89. The van der Waals surface area contributed by atoms with E-state index in [4.69, 9.17) is 0 Å². The summed E-state index contributed by atoms with van der Waals surface area (Å²) in [6.45, 7) is 0. The number of carbonyl (C=O) groups excluding carboxylic acids is 1. The predicted molar refractivity (Wildman–Crippen MR) is 104 cm³/mol. The third-order valence-corrected chi connectivity index (χ3v) is 4.45. The Hall–Kier alpha value is -3.61. The third kappa shape index (κ3) is 4.29. The maximum absolute atomic E-state index is 12.8. The molecule has 0 unspecified atom stereocenters. The van der Waals surface area contributed by atoms with Crippen LogP contribution >= 0.6 is 0 Å². The van der Waals surface area contributed by atoms with Crippen molar-refractivity contribution in [3.05, 3.63) is 90.3 Å². The Morgan fingerprint density at radius 1 is 1.00 bits per heavy atom. The molecule has 0 saturated carbocycles. The van der Waals surface area contributed by atoms with Gasteiger partial charge in [0.25, 0.3) is 0 Å².